The number of aromatic amines is 1. The Morgan fingerprint density at radius 3 is 3.07 bits per heavy atom. The zero-order chi connectivity index (χ0) is 10.4. The predicted octanol–water partition coefficient (Wildman–Crippen LogP) is 1.85. The van der Waals surface area contributed by atoms with Crippen LogP contribution >= 0.6 is 0 Å². The molecule has 0 saturated heterocycles. The quantitative estimate of drug-likeness (QED) is 0.670. The van der Waals surface area contributed by atoms with E-state index in [-0.39, 0.29) is 0 Å². The normalized spacial score (nSPS) is 20.1. The first-order valence-electron chi connectivity index (χ1n) is 5.08. The van der Waals surface area contributed by atoms with E-state index in [1.54, 1.807) is 0 Å². The van der Waals surface area contributed by atoms with Gasteiger partial charge < -0.3 is 10.1 Å². The standard InChI is InChI=1S/C12H12N2O/c1-7-12-9(6-11(15)13-7)8-4-2-3-5-10(8)14-12/h2-5,11,14-15H,6H2,1H3. The van der Waals surface area contributed by atoms with Crippen LogP contribution in [0.2, 0.25) is 0 Å². The minimum absolute atomic E-state index is 0.586. The molecule has 1 atom stereocenters. The second-order valence-electron chi connectivity index (χ2n) is 3.92. The van der Waals surface area contributed by atoms with E-state index >= 15 is 0 Å². The molecule has 0 aliphatic carbocycles. The highest BCUT2D eigenvalue weighted by molar-refractivity contribution is 6.04. The maximum Gasteiger partial charge on any atom is 0.149 e. The number of nitrogens with one attached hydrogen (secondary N) is 1. The third-order valence-corrected chi connectivity index (χ3v) is 2.90. The zero-order valence-corrected chi connectivity index (χ0v) is 8.49. The summed E-state index contributed by atoms with van der Waals surface area (Å²) in [5.74, 6) is 0. The van der Waals surface area contributed by atoms with Crippen molar-refractivity contribution >= 4 is 16.6 Å². The molecule has 0 saturated carbocycles. The Hall–Kier alpha value is -1.61. The van der Waals surface area contributed by atoms with E-state index in [0.29, 0.717) is 6.42 Å². The highest BCUT2D eigenvalue weighted by Gasteiger charge is 2.20. The van der Waals surface area contributed by atoms with E-state index in [1.165, 1.54) is 10.9 Å². The molecule has 1 aromatic carbocycles. The third-order valence-electron chi connectivity index (χ3n) is 2.90. The molecule has 0 spiro atoms. The van der Waals surface area contributed by atoms with Gasteiger partial charge in [0.1, 0.15) is 6.23 Å². The fraction of sp³-hybridized carbons (Fsp3) is 0.250. The molecule has 1 aliphatic heterocycles. The van der Waals surface area contributed by atoms with Crippen LogP contribution in [0.15, 0.2) is 29.3 Å². The minimum atomic E-state index is -0.586. The number of para-hydroxylation sites is 1. The van der Waals surface area contributed by atoms with Gasteiger partial charge in [-0.15, -0.1) is 0 Å². The van der Waals surface area contributed by atoms with Gasteiger partial charge in [0, 0.05) is 17.3 Å². The Kier molecular flexibility index (Phi) is 1.70. The molecule has 15 heavy (non-hydrogen) atoms. The summed E-state index contributed by atoms with van der Waals surface area (Å²) in [7, 11) is 0. The number of nitrogens with zero attached hydrogens (tertiary/aromatic N) is 1. The summed E-state index contributed by atoms with van der Waals surface area (Å²) in [6.07, 6.45) is 0.0214. The SMILES string of the molecule is CC1=NC(O)Cc2c1[nH]c1ccccc21. The number of fused-ring (bicyclic) bond motifs is 3. The Morgan fingerprint density at radius 1 is 1.40 bits per heavy atom. The Bertz CT molecular complexity index is 554. The van der Waals surface area contributed by atoms with E-state index in [2.05, 4.69) is 16.0 Å². The first kappa shape index (κ1) is 8.68. The Balaban J connectivity index is 2.34. The van der Waals surface area contributed by atoms with Crippen LogP contribution in [0, 0.1) is 0 Å². The molecule has 3 rings (SSSR count). The fourth-order valence-corrected chi connectivity index (χ4v) is 2.24. The van der Waals surface area contributed by atoms with E-state index in [9.17, 15) is 5.11 Å². The van der Waals surface area contributed by atoms with Crippen LogP contribution in [0.3, 0.4) is 0 Å². The van der Waals surface area contributed by atoms with Gasteiger partial charge in [-0.2, -0.15) is 0 Å². The van der Waals surface area contributed by atoms with Crippen molar-refractivity contribution in [3.05, 3.63) is 35.5 Å². The lowest BCUT2D eigenvalue weighted by molar-refractivity contribution is 0.183. The van der Waals surface area contributed by atoms with Crippen LogP contribution in [0.4, 0.5) is 0 Å². The molecule has 1 unspecified atom stereocenters. The van der Waals surface area contributed by atoms with Crippen molar-refractivity contribution < 1.29 is 5.11 Å². The topological polar surface area (TPSA) is 48.4 Å². The number of benzene rings is 1. The van der Waals surface area contributed by atoms with Gasteiger partial charge in [0.05, 0.1) is 11.4 Å². The van der Waals surface area contributed by atoms with Crippen molar-refractivity contribution in [2.45, 2.75) is 19.6 Å². The smallest absolute Gasteiger partial charge is 0.149 e. The zero-order valence-electron chi connectivity index (χ0n) is 8.49. The van der Waals surface area contributed by atoms with Gasteiger partial charge in [-0.05, 0) is 18.6 Å². The average molecular weight is 200 g/mol. The van der Waals surface area contributed by atoms with Crippen molar-refractivity contribution in [3.63, 3.8) is 0 Å². The number of aromatic nitrogens is 1. The predicted molar refractivity (Wildman–Crippen MR) is 60.2 cm³/mol. The molecule has 1 aliphatic rings. The van der Waals surface area contributed by atoms with Crippen molar-refractivity contribution in [1.82, 2.24) is 4.98 Å². The molecule has 2 heterocycles. The summed E-state index contributed by atoms with van der Waals surface area (Å²) in [6.45, 7) is 1.93. The summed E-state index contributed by atoms with van der Waals surface area (Å²) < 4.78 is 0. The molecular formula is C12H12N2O. The molecule has 0 radical (unpaired) electrons. The summed E-state index contributed by atoms with van der Waals surface area (Å²) in [6, 6.07) is 8.15. The highest BCUT2D eigenvalue weighted by Crippen LogP contribution is 2.27. The largest absolute Gasteiger partial charge is 0.371 e. The molecule has 3 nitrogen and oxygen atoms in total. The van der Waals surface area contributed by atoms with Gasteiger partial charge in [-0.25, -0.2) is 0 Å². The van der Waals surface area contributed by atoms with Crippen LogP contribution in [-0.2, 0) is 6.42 Å². The maximum absolute atomic E-state index is 9.60. The lowest BCUT2D eigenvalue weighted by Crippen LogP contribution is -2.18. The molecule has 3 heteroatoms. The van der Waals surface area contributed by atoms with Crippen LogP contribution in [-0.4, -0.2) is 22.0 Å². The molecule has 2 aromatic rings. The van der Waals surface area contributed by atoms with Gasteiger partial charge in [-0.1, -0.05) is 18.2 Å². The number of hydrogen-bond acceptors (Lipinski definition) is 2. The summed E-state index contributed by atoms with van der Waals surface area (Å²) in [5, 5.41) is 10.8. The second-order valence-corrected chi connectivity index (χ2v) is 3.92. The molecule has 1 aromatic heterocycles. The Morgan fingerprint density at radius 2 is 2.20 bits per heavy atom. The minimum Gasteiger partial charge on any atom is -0.371 e. The summed E-state index contributed by atoms with van der Waals surface area (Å²) in [5.41, 5.74) is 4.26. The van der Waals surface area contributed by atoms with Crippen molar-refractivity contribution in [2.75, 3.05) is 0 Å². The summed E-state index contributed by atoms with van der Waals surface area (Å²) >= 11 is 0. The number of hydrogen-bond donors (Lipinski definition) is 2. The molecule has 0 amide bonds. The van der Waals surface area contributed by atoms with E-state index in [1.807, 2.05) is 25.1 Å². The second kappa shape index (κ2) is 2.94. The molecular weight excluding hydrogens is 188 g/mol. The first-order valence-corrected chi connectivity index (χ1v) is 5.08. The van der Waals surface area contributed by atoms with Gasteiger partial charge in [0.25, 0.3) is 0 Å². The summed E-state index contributed by atoms with van der Waals surface area (Å²) in [4.78, 5) is 7.50. The maximum atomic E-state index is 9.60. The molecule has 0 bridgehead atoms. The van der Waals surface area contributed by atoms with E-state index in [0.717, 1.165) is 16.9 Å². The monoisotopic (exact) mass is 200 g/mol. The van der Waals surface area contributed by atoms with Gasteiger partial charge in [0.2, 0.25) is 0 Å². The van der Waals surface area contributed by atoms with Crippen molar-refractivity contribution in [3.8, 4) is 0 Å². The highest BCUT2D eigenvalue weighted by atomic mass is 16.3. The number of aliphatic imine (C=N–C) groups is 1. The van der Waals surface area contributed by atoms with Crippen LogP contribution < -0.4 is 0 Å². The van der Waals surface area contributed by atoms with Gasteiger partial charge >= 0.3 is 0 Å². The van der Waals surface area contributed by atoms with Crippen LogP contribution in [0.5, 0.6) is 0 Å². The number of rotatable bonds is 0. The average Bonchev–Trinajstić information content (AvgIpc) is 2.57. The molecule has 0 fully saturated rings. The lowest BCUT2D eigenvalue weighted by atomic mass is 10.0. The number of aliphatic hydroxyl groups excluding tert-OH is 1. The molecule has 2 N–H and O–H groups in total. The van der Waals surface area contributed by atoms with Crippen LogP contribution in [0.1, 0.15) is 18.2 Å². The molecule has 76 valence electrons. The van der Waals surface area contributed by atoms with Crippen LogP contribution in [0.25, 0.3) is 10.9 Å². The van der Waals surface area contributed by atoms with Gasteiger partial charge in [0.15, 0.2) is 0 Å². The van der Waals surface area contributed by atoms with Crippen molar-refractivity contribution in [2.24, 2.45) is 4.99 Å². The van der Waals surface area contributed by atoms with E-state index in [4.69, 9.17) is 0 Å². The van der Waals surface area contributed by atoms with Gasteiger partial charge in [-0.3, -0.25) is 4.99 Å². The lowest BCUT2D eigenvalue weighted by Gasteiger charge is -2.14. The third kappa shape index (κ3) is 1.20. The number of aliphatic hydroxyl groups is 1. The fourth-order valence-electron chi connectivity index (χ4n) is 2.24. The van der Waals surface area contributed by atoms with Crippen molar-refractivity contribution in [1.29, 1.82) is 0 Å². The first-order chi connectivity index (χ1) is 7.25. The number of H-pyrrole nitrogens is 1. The van der Waals surface area contributed by atoms with E-state index < -0.39 is 6.23 Å². The Labute approximate surface area is 87.5 Å².